The highest BCUT2D eigenvalue weighted by Gasteiger charge is 2.26. The number of H-pyrrole nitrogens is 1. The molecule has 25 heavy (non-hydrogen) atoms. The lowest BCUT2D eigenvalue weighted by Gasteiger charge is -2.26. The van der Waals surface area contributed by atoms with E-state index >= 15 is 0 Å². The third kappa shape index (κ3) is 2.57. The van der Waals surface area contributed by atoms with Crippen LogP contribution in [0.4, 0.5) is 0 Å². The van der Waals surface area contributed by atoms with Crippen molar-refractivity contribution >= 4 is 10.9 Å². The largest absolute Gasteiger partial charge is 0.497 e. The smallest absolute Gasteiger partial charge is 0.124 e. The van der Waals surface area contributed by atoms with Crippen LogP contribution in [0.1, 0.15) is 34.0 Å². The van der Waals surface area contributed by atoms with E-state index in [9.17, 15) is 0 Å². The molecule has 1 aliphatic rings. The molecule has 2 heterocycles. The fourth-order valence-electron chi connectivity index (χ4n) is 4.09. The van der Waals surface area contributed by atoms with Crippen molar-refractivity contribution in [1.82, 2.24) is 10.3 Å². The number of aromatic amines is 1. The van der Waals surface area contributed by atoms with Gasteiger partial charge in [0, 0.05) is 23.1 Å². The molecule has 3 aromatic rings. The topological polar surface area (TPSA) is 46.3 Å². The van der Waals surface area contributed by atoms with E-state index in [2.05, 4.69) is 48.4 Å². The molecule has 0 aliphatic carbocycles. The van der Waals surface area contributed by atoms with E-state index in [1.807, 2.05) is 6.07 Å². The summed E-state index contributed by atoms with van der Waals surface area (Å²) in [6.07, 6.45) is 1.02. The first-order valence-electron chi connectivity index (χ1n) is 8.69. The number of methoxy groups -OCH3 is 2. The second-order valence-corrected chi connectivity index (χ2v) is 6.75. The molecule has 4 nitrogen and oxygen atoms in total. The lowest BCUT2D eigenvalue weighted by Crippen LogP contribution is -2.30. The highest BCUT2D eigenvalue weighted by molar-refractivity contribution is 5.86. The molecule has 1 aromatic heterocycles. The van der Waals surface area contributed by atoms with Gasteiger partial charge in [-0.1, -0.05) is 12.1 Å². The minimum atomic E-state index is 0.172. The normalized spacial score (nSPS) is 16.7. The van der Waals surface area contributed by atoms with Crippen LogP contribution in [0.5, 0.6) is 11.5 Å². The molecule has 0 saturated heterocycles. The summed E-state index contributed by atoms with van der Waals surface area (Å²) in [5, 5.41) is 4.94. The molecule has 4 heteroatoms. The Kier molecular flexibility index (Phi) is 3.92. The van der Waals surface area contributed by atoms with Gasteiger partial charge in [-0.15, -0.1) is 0 Å². The lowest BCUT2D eigenvalue weighted by atomic mass is 9.92. The number of rotatable bonds is 3. The van der Waals surface area contributed by atoms with Crippen LogP contribution in [0.3, 0.4) is 0 Å². The molecule has 0 bridgehead atoms. The monoisotopic (exact) mass is 336 g/mol. The van der Waals surface area contributed by atoms with Gasteiger partial charge in [0.05, 0.1) is 20.3 Å². The molecular weight excluding hydrogens is 312 g/mol. The molecular formula is C21H24N2O2. The number of aromatic nitrogens is 1. The molecule has 1 atom stereocenters. The zero-order valence-corrected chi connectivity index (χ0v) is 15.2. The Balaban J connectivity index is 1.85. The van der Waals surface area contributed by atoms with Crippen molar-refractivity contribution in [3.63, 3.8) is 0 Å². The molecule has 0 spiro atoms. The summed E-state index contributed by atoms with van der Waals surface area (Å²) in [5.41, 5.74) is 7.44. The Morgan fingerprint density at radius 3 is 2.44 bits per heavy atom. The van der Waals surface area contributed by atoms with Crippen molar-refractivity contribution in [3.05, 3.63) is 58.3 Å². The molecule has 130 valence electrons. The first kappa shape index (κ1) is 16.0. The van der Waals surface area contributed by atoms with Gasteiger partial charge in [0.1, 0.15) is 11.5 Å². The molecule has 2 aromatic carbocycles. The number of hydrogen-bond donors (Lipinski definition) is 2. The van der Waals surface area contributed by atoms with E-state index in [-0.39, 0.29) is 6.04 Å². The van der Waals surface area contributed by atoms with Crippen molar-refractivity contribution in [3.8, 4) is 11.5 Å². The van der Waals surface area contributed by atoms with Crippen molar-refractivity contribution in [2.75, 3.05) is 20.8 Å². The molecule has 1 aliphatic heterocycles. The molecule has 0 saturated carbocycles. The maximum Gasteiger partial charge on any atom is 0.124 e. The van der Waals surface area contributed by atoms with Gasteiger partial charge < -0.3 is 19.8 Å². The summed E-state index contributed by atoms with van der Waals surface area (Å²) < 4.78 is 10.9. The highest BCUT2D eigenvalue weighted by atomic mass is 16.5. The SMILES string of the molecule is COc1ccc2[nH]c3c(c2c1)CCNC3c1cc(C)c(OC)c(C)c1. The molecule has 4 rings (SSSR count). The average Bonchev–Trinajstić information content (AvgIpc) is 2.99. The van der Waals surface area contributed by atoms with E-state index in [1.54, 1.807) is 14.2 Å². The van der Waals surface area contributed by atoms with Crippen molar-refractivity contribution < 1.29 is 9.47 Å². The predicted molar refractivity (Wildman–Crippen MR) is 101 cm³/mol. The van der Waals surface area contributed by atoms with Gasteiger partial charge in [0.15, 0.2) is 0 Å². The Morgan fingerprint density at radius 2 is 1.76 bits per heavy atom. The van der Waals surface area contributed by atoms with Gasteiger partial charge in [0.25, 0.3) is 0 Å². The standard InChI is InChI=1S/C21H24N2O2/c1-12-9-14(10-13(2)21(12)25-4)19-20-16(7-8-22-19)17-11-15(24-3)5-6-18(17)23-20/h5-6,9-11,19,22-23H,7-8H2,1-4H3. The Bertz CT molecular complexity index is 919. The van der Waals surface area contributed by atoms with Crippen LogP contribution in [0, 0.1) is 13.8 Å². The molecule has 0 amide bonds. The summed E-state index contributed by atoms with van der Waals surface area (Å²) in [7, 11) is 3.45. The first-order valence-corrected chi connectivity index (χ1v) is 8.69. The van der Waals surface area contributed by atoms with Crippen LogP contribution >= 0.6 is 0 Å². The van der Waals surface area contributed by atoms with Crippen LogP contribution in [0.15, 0.2) is 30.3 Å². The van der Waals surface area contributed by atoms with Gasteiger partial charge >= 0.3 is 0 Å². The number of ether oxygens (including phenoxy) is 2. The number of hydrogen-bond acceptors (Lipinski definition) is 3. The number of benzene rings is 2. The predicted octanol–water partition coefficient (Wildman–Crippen LogP) is 4.04. The number of aryl methyl sites for hydroxylation is 2. The van der Waals surface area contributed by atoms with Gasteiger partial charge in [-0.25, -0.2) is 0 Å². The minimum absolute atomic E-state index is 0.172. The fraction of sp³-hybridized carbons (Fsp3) is 0.333. The van der Waals surface area contributed by atoms with Crippen molar-refractivity contribution in [1.29, 1.82) is 0 Å². The number of fused-ring (bicyclic) bond motifs is 3. The Labute approximate surface area is 148 Å². The van der Waals surface area contributed by atoms with Crippen LogP contribution in [-0.2, 0) is 6.42 Å². The summed E-state index contributed by atoms with van der Waals surface area (Å²) in [6.45, 7) is 5.18. The zero-order valence-electron chi connectivity index (χ0n) is 15.2. The molecule has 2 N–H and O–H groups in total. The summed E-state index contributed by atoms with van der Waals surface area (Å²) in [6, 6.07) is 10.9. The van der Waals surface area contributed by atoms with Gasteiger partial charge in [-0.05, 0) is 60.7 Å². The minimum Gasteiger partial charge on any atom is -0.497 e. The van der Waals surface area contributed by atoms with E-state index in [0.29, 0.717) is 0 Å². The van der Waals surface area contributed by atoms with Crippen LogP contribution < -0.4 is 14.8 Å². The highest BCUT2D eigenvalue weighted by Crippen LogP contribution is 2.36. The van der Waals surface area contributed by atoms with Crippen LogP contribution in [0.2, 0.25) is 0 Å². The Hall–Kier alpha value is -2.46. The molecule has 0 radical (unpaired) electrons. The van der Waals surface area contributed by atoms with Gasteiger partial charge in [-0.2, -0.15) is 0 Å². The maximum atomic E-state index is 5.52. The first-order chi connectivity index (χ1) is 12.1. The zero-order chi connectivity index (χ0) is 17.6. The van der Waals surface area contributed by atoms with E-state index in [1.165, 1.54) is 38.9 Å². The van der Waals surface area contributed by atoms with Crippen LogP contribution in [-0.4, -0.2) is 25.7 Å². The van der Waals surface area contributed by atoms with Crippen molar-refractivity contribution in [2.24, 2.45) is 0 Å². The lowest BCUT2D eigenvalue weighted by molar-refractivity contribution is 0.408. The average molecular weight is 336 g/mol. The fourth-order valence-corrected chi connectivity index (χ4v) is 4.09. The van der Waals surface area contributed by atoms with Crippen LogP contribution in [0.25, 0.3) is 10.9 Å². The van der Waals surface area contributed by atoms with Gasteiger partial charge in [0.2, 0.25) is 0 Å². The summed E-state index contributed by atoms with van der Waals surface area (Å²) in [4.78, 5) is 3.63. The second-order valence-electron chi connectivity index (χ2n) is 6.75. The third-order valence-electron chi connectivity index (χ3n) is 5.18. The summed E-state index contributed by atoms with van der Waals surface area (Å²) in [5.74, 6) is 1.88. The number of nitrogens with one attached hydrogen (secondary N) is 2. The third-order valence-corrected chi connectivity index (χ3v) is 5.18. The van der Waals surface area contributed by atoms with E-state index < -0.39 is 0 Å². The maximum absolute atomic E-state index is 5.52. The quantitative estimate of drug-likeness (QED) is 0.759. The van der Waals surface area contributed by atoms with E-state index in [4.69, 9.17) is 9.47 Å². The van der Waals surface area contributed by atoms with Gasteiger partial charge in [-0.3, -0.25) is 0 Å². The van der Waals surface area contributed by atoms with Crippen molar-refractivity contribution in [2.45, 2.75) is 26.3 Å². The Morgan fingerprint density at radius 1 is 1.00 bits per heavy atom. The summed E-state index contributed by atoms with van der Waals surface area (Å²) >= 11 is 0. The second kappa shape index (κ2) is 6.12. The molecule has 0 fully saturated rings. The molecule has 1 unspecified atom stereocenters. The van der Waals surface area contributed by atoms with E-state index in [0.717, 1.165) is 24.5 Å².